The van der Waals surface area contributed by atoms with Crippen LogP contribution in [0.2, 0.25) is 0 Å². The number of hydrogen-bond donors (Lipinski definition) is 0. The number of carbonyl (C=O) groups excluding carboxylic acids is 1. The summed E-state index contributed by atoms with van der Waals surface area (Å²) in [5.74, 6) is 0.889. The number of benzene rings is 1. The Morgan fingerprint density at radius 3 is 2.90 bits per heavy atom. The Labute approximate surface area is 124 Å². The smallest absolute Gasteiger partial charge is 0.263 e. The van der Waals surface area contributed by atoms with Crippen molar-refractivity contribution in [3.8, 4) is 5.75 Å². The molecule has 0 bridgehead atoms. The molecule has 0 radical (unpaired) electrons. The topological polar surface area (TPSA) is 34.5 Å². The van der Waals surface area contributed by atoms with Gasteiger partial charge in [0.2, 0.25) is 0 Å². The first-order valence-corrected chi connectivity index (χ1v) is 7.25. The molecule has 0 N–H and O–H groups in total. The Kier molecular flexibility index (Phi) is 3.69. The van der Waals surface area contributed by atoms with Crippen LogP contribution < -0.4 is 4.74 Å². The average Bonchev–Trinajstić information content (AvgIpc) is 2.91. The third-order valence-electron chi connectivity index (χ3n) is 4.02. The van der Waals surface area contributed by atoms with Crippen LogP contribution in [0, 0.1) is 0 Å². The van der Waals surface area contributed by atoms with E-state index in [1.54, 1.807) is 4.90 Å². The molecule has 1 aliphatic heterocycles. The van der Waals surface area contributed by atoms with E-state index in [1.165, 1.54) is 5.56 Å². The van der Waals surface area contributed by atoms with Crippen molar-refractivity contribution in [2.24, 2.45) is 7.05 Å². The molecule has 1 atom stereocenters. The van der Waals surface area contributed by atoms with E-state index < -0.39 is 0 Å². The van der Waals surface area contributed by atoms with Gasteiger partial charge < -0.3 is 14.2 Å². The van der Waals surface area contributed by atoms with Gasteiger partial charge in [-0.05, 0) is 36.6 Å². The van der Waals surface area contributed by atoms with E-state index in [9.17, 15) is 4.79 Å². The number of aromatic nitrogens is 1. The number of nitrogens with zero attached hydrogens (tertiary/aromatic N) is 2. The van der Waals surface area contributed by atoms with Crippen LogP contribution in [-0.4, -0.2) is 28.5 Å². The fraction of sp³-hybridized carbons (Fsp3) is 0.353. The molecule has 1 unspecified atom stereocenters. The highest BCUT2D eigenvalue weighted by molar-refractivity contribution is 5.81. The Bertz CT molecular complexity index is 648. The second kappa shape index (κ2) is 5.64. The number of amides is 1. The van der Waals surface area contributed by atoms with Gasteiger partial charge in [0.25, 0.3) is 5.91 Å². The van der Waals surface area contributed by atoms with Crippen LogP contribution in [-0.2, 0) is 24.8 Å². The number of ether oxygens (including phenoxy) is 1. The number of hydrogen-bond acceptors (Lipinski definition) is 2. The number of likely N-dealkylation sites (N-methyl/N-ethyl adjacent to an activating group) is 1. The summed E-state index contributed by atoms with van der Waals surface area (Å²) in [6.07, 6.45) is 3.25. The van der Waals surface area contributed by atoms with Gasteiger partial charge in [-0.15, -0.1) is 0 Å². The van der Waals surface area contributed by atoms with Crippen LogP contribution in [0.5, 0.6) is 5.75 Å². The Balaban J connectivity index is 1.67. The molecule has 0 fully saturated rings. The SMILES string of the molecule is CN(Cc1cccn1C)C(=O)C1CCc2ccccc2O1. The van der Waals surface area contributed by atoms with Crippen LogP contribution in [0.3, 0.4) is 0 Å². The van der Waals surface area contributed by atoms with Crippen LogP contribution in [0.25, 0.3) is 0 Å². The molecule has 2 heterocycles. The molecule has 2 aromatic rings. The third kappa shape index (κ3) is 2.79. The molecule has 0 spiro atoms. The molecule has 1 aromatic carbocycles. The number of rotatable bonds is 3. The number of fused-ring (bicyclic) bond motifs is 1. The van der Waals surface area contributed by atoms with Crippen molar-refractivity contribution in [1.82, 2.24) is 9.47 Å². The lowest BCUT2D eigenvalue weighted by atomic mass is 10.0. The van der Waals surface area contributed by atoms with Crippen molar-refractivity contribution in [3.63, 3.8) is 0 Å². The summed E-state index contributed by atoms with van der Waals surface area (Å²) in [6.45, 7) is 0.601. The summed E-state index contributed by atoms with van der Waals surface area (Å²) in [5.41, 5.74) is 2.30. The molecule has 0 saturated heterocycles. The summed E-state index contributed by atoms with van der Waals surface area (Å²) < 4.78 is 7.89. The van der Waals surface area contributed by atoms with E-state index >= 15 is 0 Å². The number of aryl methyl sites for hydroxylation is 2. The molecular weight excluding hydrogens is 264 g/mol. The van der Waals surface area contributed by atoms with E-state index in [0.29, 0.717) is 6.54 Å². The van der Waals surface area contributed by atoms with Crippen molar-refractivity contribution >= 4 is 5.91 Å². The van der Waals surface area contributed by atoms with Gasteiger partial charge in [0.15, 0.2) is 6.10 Å². The van der Waals surface area contributed by atoms with Crippen molar-refractivity contribution < 1.29 is 9.53 Å². The van der Waals surface area contributed by atoms with Gasteiger partial charge >= 0.3 is 0 Å². The number of para-hydroxylation sites is 1. The second-order valence-electron chi connectivity index (χ2n) is 5.56. The highest BCUT2D eigenvalue weighted by Gasteiger charge is 2.28. The van der Waals surface area contributed by atoms with E-state index in [2.05, 4.69) is 6.07 Å². The normalized spacial score (nSPS) is 17.0. The maximum absolute atomic E-state index is 12.5. The Morgan fingerprint density at radius 1 is 1.33 bits per heavy atom. The first-order valence-electron chi connectivity index (χ1n) is 7.25. The van der Waals surface area contributed by atoms with Crippen LogP contribution in [0.4, 0.5) is 0 Å². The minimum Gasteiger partial charge on any atom is -0.480 e. The first kappa shape index (κ1) is 13.7. The monoisotopic (exact) mass is 284 g/mol. The molecule has 110 valence electrons. The minimum atomic E-state index is -0.370. The van der Waals surface area contributed by atoms with E-state index in [1.807, 2.05) is 55.2 Å². The quantitative estimate of drug-likeness (QED) is 0.867. The van der Waals surface area contributed by atoms with Crippen molar-refractivity contribution in [1.29, 1.82) is 0 Å². The molecule has 1 amide bonds. The molecule has 0 aliphatic carbocycles. The minimum absolute atomic E-state index is 0.0469. The van der Waals surface area contributed by atoms with Crippen molar-refractivity contribution in [2.75, 3.05) is 7.05 Å². The van der Waals surface area contributed by atoms with Crippen LogP contribution in [0.15, 0.2) is 42.6 Å². The first-order chi connectivity index (χ1) is 10.1. The highest BCUT2D eigenvalue weighted by atomic mass is 16.5. The molecule has 1 aromatic heterocycles. The zero-order chi connectivity index (χ0) is 14.8. The van der Waals surface area contributed by atoms with Gasteiger partial charge in [0.05, 0.1) is 6.54 Å². The molecule has 3 rings (SSSR count). The average molecular weight is 284 g/mol. The van der Waals surface area contributed by atoms with Gasteiger partial charge in [-0.2, -0.15) is 0 Å². The largest absolute Gasteiger partial charge is 0.480 e. The fourth-order valence-corrected chi connectivity index (χ4v) is 2.73. The maximum Gasteiger partial charge on any atom is 0.263 e. The predicted octanol–water partition coefficient (Wildman–Crippen LogP) is 2.38. The third-order valence-corrected chi connectivity index (χ3v) is 4.02. The summed E-state index contributed by atoms with van der Waals surface area (Å²) in [4.78, 5) is 14.3. The Hall–Kier alpha value is -2.23. The molecule has 4 heteroatoms. The van der Waals surface area contributed by atoms with Crippen LogP contribution in [0.1, 0.15) is 17.7 Å². The molecular formula is C17H20N2O2. The van der Waals surface area contributed by atoms with E-state index in [4.69, 9.17) is 4.74 Å². The predicted molar refractivity (Wildman–Crippen MR) is 81.1 cm³/mol. The van der Waals surface area contributed by atoms with Crippen molar-refractivity contribution in [2.45, 2.75) is 25.5 Å². The standard InChI is InChI=1S/C17H20N2O2/c1-18-11-5-7-14(18)12-19(2)17(20)16-10-9-13-6-3-4-8-15(13)21-16/h3-8,11,16H,9-10,12H2,1-2H3. The molecule has 21 heavy (non-hydrogen) atoms. The second-order valence-corrected chi connectivity index (χ2v) is 5.56. The lowest BCUT2D eigenvalue weighted by Gasteiger charge is -2.28. The van der Waals surface area contributed by atoms with Gasteiger partial charge in [-0.3, -0.25) is 4.79 Å². The number of carbonyl (C=O) groups is 1. The van der Waals surface area contributed by atoms with Gasteiger partial charge in [0, 0.05) is 26.0 Å². The zero-order valence-electron chi connectivity index (χ0n) is 12.5. The lowest BCUT2D eigenvalue weighted by molar-refractivity contribution is -0.138. The van der Waals surface area contributed by atoms with Gasteiger partial charge in [-0.25, -0.2) is 0 Å². The van der Waals surface area contributed by atoms with E-state index in [0.717, 1.165) is 24.3 Å². The van der Waals surface area contributed by atoms with Gasteiger partial charge in [0.1, 0.15) is 5.75 Å². The fourth-order valence-electron chi connectivity index (χ4n) is 2.73. The highest BCUT2D eigenvalue weighted by Crippen LogP contribution is 2.27. The van der Waals surface area contributed by atoms with Crippen molar-refractivity contribution in [3.05, 3.63) is 53.9 Å². The zero-order valence-corrected chi connectivity index (χ0v) is 12.5. The summed E-state index contributed by atoms with van der Waals surface area (Å²) >= 11 is 0. The molecule has 0 saturated carbocycles. The Morgan fingerprint density at radius 2 is 2.14 bits per heavy atom. The van der Waals surface area contributed by atoms with E-state index in [-0.39, 0.29) is 12.0 Å². The summed E-state index contributed by atoms with van der Waals surface area (Å²) in [6, 6.07) is 12.0. The summed E-state index contributed by atoms with van der Waals surface area (Å²) in [5, 5.41) is 0. The maximum atomic E-state index is 12.5. The molecule has 1 aliphatic rings. The van der Waals surface area contributed by atoms with Gasteiger partial charge in [-0.1, -0.05) is 18.2 Å². The molecule has 4 nitrogen and oxygen atoms in total. The van der Waals surface area contributed by atoms with Crippen LogP contribution >= 0.6 is 0 Å². The lowest BCUT2D eigenvalue weighted by Crippen LogP contribution is -2.41. The summed E-state index contributed by atoms with van der Waals surface area (Å²) in [7, 11) is 3.82.